The maximum absolute atomic E-state index is 5.57. The first-order valence-corrected chi connectivity index (χ1v) is 15.0. The van der Waals surface area contributed by atoms with Crippen molar-refractivity contribution in [3.8, 4) is 17.2 Å². The SMILES string of the molecule is COc1cc(Nc2nc(NC3CCN(Cc4ccccc4)CC3)c3ncn(C4CCCCC4)c3n2)cc(OC)c1OC. The van der Waals surface area contributed by atoms with Crippen LogP contribution in [0.2, 0.25) is 0 Å². The largest absolute Gasteiger partial charge is 0.493 e. The Kier molecular flexibility index (Phi) is 8.60. The van der Waals surface area contributed by atoms with Crippen molar-refractivity contribution in [2.45, 2.75) is 63.6 Å². The van der Waals surface area contributed by atoms with E-state index in [1.807, 2.05) is 18.5 Å². The lowest BCUT2D eigenvalue weighted by Crippen LogP contribution is -2.38. The van der Waals surface area contributed by atoms with Gasteiger partial charge in [0.15, 0.2) is 28.5 Å². The van der Waals surface area contributed by atoms with Crippen molar-refractivity contribution in [3.05, 3.63) is 54.4 Å². The van der Waals surface area contributed by atoms with Crippen molar-refractivity contribution in [3.63, 3.8) is 0 Å². The summed E-state index contributed by atoms with van der Waals surface area (Å²) in [5.74, 6) is 2.93. The third-order valence-electron chi connectivity index (χ3n) is 8.49. The number of nitrogens with one attached hydrogen (secondary N) is 2. The molecule has 2 aromatic heterocycles. The number of benzene rings is 2. The van der Waals surface area contributed by atoms with E-state index in [2.05, 4.69) is 50.4 Å². The smallest absolute Gasteiger partial charge is 0.231 e. The second-order valence-corrected chi connectivity index (χ2v) is 11.2. The molecule has 1 aliphatic carbocycles. The van der Waals surface area contributed by atoms with Crippen LogP contribution in [-0.2, 0) is 6.54 Å². The second kappa shape index (κ2) is 12.9. The molecule has 0 bridgehead atoms. The molecule has 0 atom stereocenters. The van der Waals surface area contributed by atoms with Gasteiger partial charge in [0.1, 0.15) is 0 Å². The molecule has 222 valence electrons. The molecule has 42 heavy (non-hydrogen) atoms. The Morgan fingerprint density at radius 3 is 2.24 bits per heavy atom. The van der Waals surface area contributed by atoms with Gasteiger partial charge in [0, 0.05) is 49.5 Å². The van der Waals surface area contributed by atoms with Crippen molar-refractivity contribution >= 4 is 28.6 Å². The van der Waals surface area contributed by atoms with Gasteiger partial charge in [-0.3, -0.25) is 4.90 Å². The molecule has 6 rings (SSSR count). The van der Waals surface area contributed by atoms with Crippen LogP contribution < -0.4 is 24.8 Å². The minimum Gasteiger partial charge on any atom is -0.493 e. The highest BCUT2D eigenvalue weighted by atomic mass is 16.5. The fraction of sp³-hybridized carbons (Fsp3) is 0.469. The fourth-order valence-electron chi connectivity index (χ4n) is 6.25. The molecule has 2 aliphatic rings. The topological polar surface area (TPSA) is 98.6 Å². The Bertz CT molecular complexity index is 1450. The minimum atomic E-state index is 0.309. The van der Waals surface area contributed by atoms with E-state index in [1.165, 1.54) is 24.8 Å². The molecule has 2 fully saturated rings. The zero-order chi connectivity index (χ0) is 28.9. The first-order chi connectivity index (χ1) is 20.6. The van der Waals surface area contributed by atoms with Gasteiger partial charge in [0.2, 0.25) is 11.7 Å². The van der Waals surface area contributed by atoms with Gasteiger partial charge in [0.25, 0.3) is 0 Å². The van der Waals surface area contributed by atoms with Crippen LogP contribution in [0.25, 0.3) is 11.2 Å². The van der Waals surface area contributed by atoms with Crippen LogP contribution in [0.5, 0.6) is 17.2 Å². The van der Waals surface area contributed by atoms with E-state index in [1.54, 1.807) is 21.3 Å². The molecule has 2 N–H and O–H groups in total. The molecule has 4 aromatic rings. The molecule has 0 radical (unpaired) electrons. The highest BCUT2D eigenvalue weighted by molar-refractivity contribution is 5.85. The Labute approximate surface area is 247 Å². The second-order valence-electron chi connectivity index (χ2n) is 11.2. The van der Waals surface area contributed by atoms with E-state index in [-0.39, 0.29) is 0 Å². The number of ether oxygens (including phenoxy) is 3. The summed E-state index contributed by atoms with van der Waals surface area (Å²) in [5, 5.41) is 7.15. The van der Waals surface area contributed by atoms with Gasteiger partial charge in [-0.15, -0.1) is 0 Å². The number of aromatic nitrogens is 4. The number of rotatable bonds is 10. The molecule has 1 aliphatic heterocycles. The lowest BCUT2D eigenvalue weighted by atomic mass is 9.95. The number of piperidine rings is 1. The zero-order valence-electron chi connectivity index (χ0n) is 24.8. The van der Waals surface area contributed by atoms with Crippen LogP contribution >= 0.6 is 0 Å². The van der Waals surface area contributed by atoms with Gasteiger partial charge in [0.05, 0.1) is 27.7 Å². The van der Waals surface area contributed by atoms with Crippen LogP contribution in [0.15, 0.2) is 48.8 Å². The lowest BCUT2D eigenvalue weighted by Gasteiger charge is -2.32. The summed E-state index contributed by atoms with van der Waals surface area (Å²) in [7, 11) is 4.82. The van der Waals surface area contributed by atoms with E-state index < -0.39 is 0 Å². The summed E-state index contributed by atoms with van der Waals surface area (Å²) in [5.41, 5.74) is 3.78. The fourth-order valence-corrected chi connectivity index (χ4v) is 6.25. The first kappa shape index (κ1) is 28.1. The average Bonchev–Trinajstić information content (AvgIpc) is 3.47. The molecule has 0 amide bonds. The third kappa shape index (κ3) is 6.09. The summed E-state index contributed by atoms with van der Waals surface area (Å²) in [6.45, 7) is 3.06. The average molecular weight is 572 g/mol. The van der Waals surface area contributed by atoms with E-state index in [0.29, 0.717) is 35.3 Å². The Morgan fingerprint density at radius 1 is 0.857 bits per heavy atom. The lowest BCUT2D eigenvalue weighted by molar-refractivity contribution is 0.211. The molecule has 3 heterocycles. The zero-order valence-corrected chi connectivity index (χ0v) is 24.8. The van der Waals surface area contributed by atoms with Gasteiger partial charge < -0.3 is 29.4 Å². The van der Waals surface area contributed by atoms with Gasteiger partial charge in [-0.1, -0.05) is 49.6 Å². The number of likely N-dealkylation sites (tertiary alicyclic amines) is 1. The molecular formula is C32H41N7O3. The number of nitrogens with zero attached hydrogens (tertiary/aromatic N) is 5. The number of hydrogen-bond acceptors (Lipinski definition) is 9. The number of fused-ring (bicyclic) bond motifs is 1. The minimum absolute atomic E-state index is 0.309. The van der Waals surface area contributed by atoms with Crippen LogP contribution in [0.1, 0.15) is 56.6 Å². The number of methoxy groups -OCH3 is 3. The standard InChI is InChI=1S/C32H41N7O3/c1-40-26-18-24(19-27(41-2)29(26)42-3)35-32-36-30(28-31(37-32)39(21-33-28)25-12-8-5-9-13-25)34-23-14-16-38(17-15-23)20-22-10-6-4-7-11-22/h4,6-7,10-11,18-19,21,23,25H,5,8-9,12-17,20H2,1-3H3,(H2,34,35,36,37). The molecule has 10 heteroatoms. The van der Waals surface area contributed by atoms with Crippen LogP contribution in [0, 0.1) is 0 Å². The highest BCUT2D eigenvalue weighted by Crippen LogP contribution is 2.41. The van der Waals surface area contributed by atoms with Crippen LogP contribution in [-0.4, -0.2) is 64.9 Å². The summed E-state index contributed by atoms with van der Waals surface area (Å²) in [6.07, 6.45) is 10.1. The Balaban J connectivity index is 1.27. The number of imidazole rings is 1. The third-order valence-corrected chi connectivity index (χ3v) is 8.49. The van der Waals surface area contributed by atoms with Crippen molar-refractivity contribution < 1.29 is 14.2 Å². The van der Waals surface area contributed by atoms with Gasteiger partial charge >= 0.3 is 0 Å². The monoisotopic (exact) mass is 571 g/mol. The van der Waals surface area contributed by atoms with Gasteiger partial charge in [-0.05, 0) is 31.2 Å². The first-order valence-electron chi connectivity index (χ1n) is 15.0. The molecule has 0 unspecified atom stereocenters. The highest BCUT2D eigenvalue weighted by Gasteiger charge is 2.24. The Hall–Kier alpha value is -4.05. The van der Waals surface area contributed by atoms with E-state index in [9.17, 15) is 0 Å². The van der Waals surface area contributed by atoms with Gasteiger partial charge in [-0.2, -0.15) is 9.97 Å². The summed E-state index contributed by atoms with van der Waals surface area (Å²) in [6, 6.07) is 15.1. The number of hydrogen-bond donors (Lipinski definition) is 2. The molecule has 10 nitrogen and oxygen atoms in total. The van der Waals surface area contributed by atoms with Crippen LogP contribution in [0.4, 0.5) is 17.5 Å². The van der Waals surface area contributed by atoms with Crippen LogP contribution in [0.3, 0.4) is 0 Å². The Morgan fingerprint density at radius 2 is 1.57 bits per heavy atom. The molecule has 1 saturated carbocycles. The normalized spacial score (nSPS) is 16.8. The molecule has 1 saturated heterocycles. The maximum Gasteiger partial charge on any atom is 0.231 e. The van der Waals surface area contributed by atoms with Crippen molar-refractivity contribution in [1.29, 1.82) is 0 Å². The van der Waals surface area contributed by atoms with Gasteiger partial charge in [-0.25, -0.2) is 4.98 Å². The predicted octanol–water partition coefficient (Wildman–Crippen LogP) is 6.18. The number of anilines is 3. The van der Waals surface area contributed by atoms with E-state index in [4.69, 9.17) is 29.2 Å². The molecule has 2 aromatic carbocycles. The van der Waals surface area contributed by atoms with Crippen molar-refractivity contribution in [2.24, 2.45) is 0 Å². The summed E-state index contributed by atoms with van der Waals surface area (Å²) < 4.78 is 18.9. The van der Waals surface area contributed by atoms with E-state index >= 15 is 0 Å². The maximum atomic E-state index is 5.57. The van der Waals surface area contributed by atoms with Crippen molar-refractivity contribution in [2.75, 3.05) is 45.1 Å². The van der Waals surface area contributed by atoms with E-state index in [0.717, 1.165) is 68.0 Å². The summed E-state index contributed by atoms with van der Waals surface area (Å²) >= 11 is 0. The quantitative estimate of drug-likeness (QED) is 0.231. The van der Waals surface area contributed by atoms with Crippen molar-refractivity contribution in [1.82, 2.24) is 24.4 Å². The molecule has 0 spiro atoms. The predicted molar refractivity (Wildman–Crippen MR) is 165 cm³/mol. The summed E-state index contributed by atoms with van der Waals surface area (Å²) in [4.78, 5) is 17.3. The molecular weight excluding hydrogens is 530 g/mol.